The number of nitriles is 1. The third-order valence-electron chi connectivity index (χ3n) is 2.85. The van der Waals surface area contributed by atoms with Gasteiger partial charge in [-0.05, 0) is 18.2 Å². The molecule has 0 amide bonds. The second-order valence-electron chi connectivity index (χ2n) is 4.42. The number of carbonyl (C=O) groups is 1. The summed E-state index contributed by atoms with van der Waals surface area (Å²) in [6, 6.07) is 6.82. The standard InChI is InChI=1S/C14H11F3N2O2/c15-14(16,17)8-21-4-3-13(20)11-7-19-12-2-1-9(6-18)5-10(11)12/h1-2,5,7,19H,3-4,8H2. The number of nitrogens with one attached hydrogen (secondary N) is 1. The van der Waals surface area contributed by atoms with Gasteiger partial charge in [0.05, 0.1) is 18.2 Å². The first-order valence-corrected chi connectivity index (χ1v) is 6.09. The fourth-order valence-corrected chi connectivity index (χ4v) is 1.91. The number of alkyl halides is 3. The highest BCUT2D eigenvalue weighted by Gasteiger charge is 2.27. The molecule has 2 aromatic rings. The third-order valence-corrected chi connectivity index (χ3v) is 2.85. The quantitative estimate of drug-likeness (QED) is 0.680. The first-order chi connectivity index (χ1) is 9.90. The summed E-state index contributed by atoms with van der Waals surface area (Å²) in [6.07, 6.45) is -3.07. The number of fused-ring (bicyclic) bond motifs is 1. The predicted octanol–water partition coefficient (Wildman–Crippen LogP) is 3.19. The highest BCUT2D eigenvalue weighted by atomic mass is 19.4. The van der Waals surface area contributed by atoms with Crippen LogP contribution in [0.2, 0.25) is 0 Å². The minimum absolute atomic E-state index is 0.153. The Hall–Kier alpha value is -2.33. The molecule has 0 aliphatic heterocycles. The summed E-state index contributed by atoms with van der Waals surface area (Å²) in [5, 5.41) is 9.42. The molecule has 0 atom stereocenters. The van der Waals surface area contributed by atoms with Gasteiger partial charge in [-0.3, -0.25) is 4.79 Å². The van der Waals surface area contributed by atoms with E-state index >= 15 is 0 Å². The summed E-state index contributed by atoms with van der Waals surface area (Å²) in [4.78, 5) is 14.9. The van der Waals surface area contributed by atoms with E-state index in [1.54, 1.807) is 18.2 Å². The number of aromatic amines is 1. The number of benzene rings is 1. The van der Waals surface area contributed by atoms with Crippen molar-refractivity contribution in [2.24, 2.45) is 0 Å². The van der Waals surface area contributed by atoms with Crippen molar-refractivity contribution in [3.8, 4) is 6.07 Å². The molecule has 0 unspecified atom stereocenters. The minimum atomic E-state index is -4.40. The zero-order chi connectivity index (χ0) is 15.5. The van der Waals surface area contributed by atoms with E-state index in [0.717, 1.165) is 0 Å². The van der Waals surface area contributed by atoms with Crippen LogP contribution >= 0.6 is 0 Å². The second kappa shape index (κ2) is 5.97. The van der Waals surface area contributed by atoms with E-state index in [2.05, 4.69) is 9.72 Å². The van der Waals surface area contributed by atoms with Gasteiger partial charge in [-0.2, -0.15) is 18.4 Å². The van der Waals surface area contributed by atoms with E-state index in [1.165, 1.54) is 6.20 Å². The lowest BCUT2D eigenvalue weighted by Crippen LogP contribution is -2.18. The Morgan fingerprint density at radius 2 is 2.14 bits per heavy atom. The Morgan fingerprint density at radius 3 is 2.81 bits per heavy atom. The number of ketones is 1. The summed E-state index contributed by atoms with van der Waals surface area (Å²) < 4.78 is 40.1. The maximum atomic E-state index is 12.0. The molecular weight excluding hydrogens is 285 g/mol. The maximum Gasteiger partial charge on any atom is 0.411 e. The van der Waals surface area contributed by atoms with Crippen molar-refractivity contribution in [3.63, 3.8) is 0 Å². The molecule has 0 fully saturated rings. The maximum absolute atomic E-state index is 12.0. The molecular formula is C14H11F3N2O2. The molecule has 21 heavy (non-hydrogen) atoms. The number of nitrogens with zero attached hydrogens (tertiary/aromatic N) is 1. The van der Waals surface area contributed by atoms with Crippen LogP contribution < -0.4 is 0 Å². The molecule has 0 aliphatic rings. The van der Waals surface area contributed by atoms with Crippen molar-refractivity contribution < 1.29 is 22.7 Å². The average molecular weight is 296 g/mol. The number of halogens is 3. The van der Waals surface area contributed by atoms with Crippen LogP contribution in [0.15, 0.2) is 24.4 Å². The SMILES string of the molecule is N#Cc1ccc2[nH]cc(C(=O)CCOCC(F)(F)F)c2c1. The van der Waals surface area contributed by atoms with Gasteiger partial charge in [0.2, 0.25) is 0 Å². The molecule has 1 N–H and O–H groups in total. The molecule has 0 radical (unpaired) electrons. The molecule has 0 bridgehead atoms. The lowest BCUT2D eigenvalue weighted by Gasteiger charge is -2.06. The minimum Gasteiger partial charge on any atom is -0.372 e. The van der Waals surface area contributed by atoms with Gasteiger partial charge in [0, 0.05) is 29.1 Å². The molecule has 2 rings (SSSR count). The zero-order valence-corrected chi connectivity index (χ0v) is 10.8. The van der Waals surface area contributed by atoms with E-state index in [1.807, 2.05) is 6.07 Å². The topological polar surface area (TPSA) is 65.9 Å². The van der Waals surface area contributed by atoms with Crippen molar-refractivity contribution in [1.82, 2.24) is 4.98 Å². The zero-order valence-electron chi connectivity index (χ0n) is 10.8. The van der Waals surface area contributed by atoms with Gasteiger partial charge in [-0.25, -0.2) is 0 Å². The summed E-state index contributed by atoms with van der Waals surface area (Å²) in [5.74, 6) is -0.335. The predicted molar refractivity (Wildman–Crippen MR) is 68.8 cm³/mol. The van der Waals surface area contributed by atoms with E-state index in [4.69, 9.17) is 5.26 Å². The van der Waals surface area contributed by atoms with Crippen molar-refractivity contribution in [1.29, 1.82) is 5.26 Å². The number of Topliss-reactive ketones (excluding diaryl/α,β-unsaturated/α-hetero) is 1. The summed E-state index contributed by atoms with van der Waals surface area (Å²) >= 11 is 0. The number of hydrogen-bond acceptors (Lipinski definition) is 3. The molecule has 0 saturated carbocycles. The smallest absolute Gasteiger partial charge is 0.372 e. The van der Waals surface area contributed by atoms with Crippen LogP contribution in [-0.2, 0) is 4.74 Å². The first kappa shape index (κ1) is 15.1. The normalized spacial score (nSPS) is 11.5. The molecule has 7 heteroatoms. The highest BCUT2D eigenvalue weighted by molar-refractivity contribution is 6.08. The van der Waals surface area contributed by atoms with Crippen molar-refractivity contribution in [3.05, 3.63) is 35.5 Å². The fraction of sp³-hybridized carbons (Fsp3) is 0.286. The number of ether oxygens (including phenoxy) is 1. The van der Waals surface area contributed by atoms with Crippen LogP contribution in [0.25, 0.3) is 10.9 Å². The third kappa shape index (κ3) is 3.83. The number of aromatic nitrogens is 1. The van der Waals surface area contributed by atoms with Crippen molar-refractivity contribution >= 4 is 16.7 Å². The Kier molecular flexibility index (Phi) is 4.29. The molecule has 1 aromatic carbocycles. The van der Waals surface area contributed by atoms with Crippen molar-refractivity contribution in [2.45, 2.75) is 12.6 Å². The fourth-order valence-electron chi connectivity index (χ4n) is 1.91. The molecule has 0 aliphatic carbocycles. The van der Waals surface area contributed by atoms with Crippen LogP contribution in [-0.4, -0.2) is 30.2 Å². The van der Waals surface area contributed by atoms with Crippen LogP contribution in [0, 0.1) is 11.3 Å². The molecule has 110 valence electrons. The lowest BCUT2D eigenvalue weighted by atomic mass is 10.1. The summed E-state index contributed by atoms with van der Waals surface area (Å²) in [5.41, 5.74) is 1.44. The number of hydrogen-bond donors (Lipinski definition) is 1. The van der Waals surface area contributed by atoms with Crippen molar-refractivity contribution in [2.75, 3.05) is 13.2 Å². The van der Waals surface area contributed by atoms with E-state index in [-0.39, 0.29) is 18.8 Å². The molecule has 1 aromatic heterocycles. The lowest BCUT2D eigenvalue weighted by molar-refractivity contribution is -0.173. The average Bonchev–Trinajstić information content (AvgIpc) is 2.85. The Morgan fingerprint density at radius 1 is 1.38 bits per heavy atom. The largest absolute Gasteiger partial charge is 0.411 e. The van der Waals surface area contributed by atoms with Gasteiger partial charge < -0.3 is 9.72 Å². The van der Waals surface area contributed by atoms with Gasteiger partial charge >= 0.3 is 6.18 Å². The van der Waals surface area contributed by atoms with Gasteiger partial charge in [-0.1, -0.05) is 0 Å². The van der Waals surface area contributed by atoms with E-state index in [0.29, 0.717) is 22.0 Å². The Balaban J connectivity index is 2.04. The highest BCUT2D eigenvalue weighted by Crippen LogP contribution is 2.21. The van der Waals surface area contributed by atoms with Crippen LogP contribution in [0.1, 0.15) is 22.3 Å². The molecule has 4 nitrogen and oxygen atoms in total. The Labute approximate surface area is 118 Å². The molecule has 0 spiro atoms. The number of carbonyl (C=O) groups excluding carboxylic acids is 1. The van der Waals surface area contributed by atoms with Gasteiger partial charge in [0.15, 0.2) is 5.78 Å². The summed E-state index contributed by atoms with van der Waals surface area (Å²) in [7, 11) is 0. The summed E-state index contributed by atoms with van der Waals surface area (Å²) in [6.45, 7) is -1.67. The van der Waals surface area contributed by atoms with Gasteiger partial charge in [0.1, 0.15) is 6.61 Å². The molecule has 1 heterocycles. The monoisotopic (exact) mass is 296 g/mol. The van der Waals surface area contributed by atoms with Crippen LogP contribution in [0.4, 0.5) is 13.2 Å². The van der Waals surface area contributed by atoms with Gasteiger partial charge in [-0.15, -0.1) is 0 Å². The second-order valence-corrected chi connectivity index (χ2v) is 4.42. The van der Waals surface area contributed by atoms with Gasteiger partial charge in [0.25, 0.3) is 0 Å². The van der Waals surface area contributed by atoms with Crippen LogP contribution in [0.3, 0.4) is 0 Å². The number of rotatable bonds is 5. The Bertz CT molecular complexity index is 698. The van der Waals surface area contributed by atoms with E-state index in [9.17, 15) is 18.0 Å². The van der Waals surface area contributed by atoms with E-state index < -0.39 is 12.8 Å². The first-order valence-electron chi connectivity index (χ1n) is 6.09. The van der Waals surface area contributed by atoms with Crippen LogP contribution in [0.5, 0.6) is 0 Å². The number of H-pyrrole nitrogens is 1. The molecule has 0 saturated heterocycles.